The quantitative estimate of drug-likeness (QED) is 0.730. The minimum atomic E-state index is -0.402. The molecule has 0 saturated heterocycles. The van der Waals surface area contributed by atoms with E-state index in [1.54, 1.807) is 30.3 Å². The highest BCUT2D eigenvalue weighted by molar-refractivity contribution is 5.99. The van der Waals surface area contributed by atoms with Gasteiger partial charge in [-0.3, -0.25) is 4.79 Å². The highest BCUT2D eigenvalue weighted by Gasteiger charge is 2.19. The average Bonchev–Trinajstić information content (AvgIpc) is 3.15. The largest absolute Gasteiger partial charge is 0.496 e. The minimum Gasteiger partial charge on any atom is -0.496 e. The molecule has 1 N–H and O–H groups in total. The van der Waals surface area contributed by atoms with Crippen LogP contribution in [0.3, 0.4) is 0 Å². The molecule has 7 nitrogen and oxygen atoms in total. The summed E-state index contributed by atoms with van der Waals surface area (Å²) in [6, 6.07) is 10.8. The molecule has 0 aliphatic carbocycles. The Morgan fingerprint density at radius 3 is 2.38 bits per heavy atom. The van der Waals surface area contributed by atoms with Crippen molar-refractivity contribution in [1.82, 2.24) is 15.5 Å². The van der Waals surface area contributed by atoms with Gasteiger partial charge in [-0.1, -0.05) is 11.2 Å². The number of benzene rings is 2. The molecule has 0 aliphatic rings. The molecule has 1 aromatic heterocycles. The molecule has 0 atom stereocenters. The van der Waals surface area contributed by atoms with E-state index in [2.05, 4.69) is 15.5 Å². The summed E-state index contributed by atoms with van der Waals surface area (Å²) >= 11 is 0. The van der Waals surface area contributed by atoms with Crippen molar-refractivity contribution in [1.29, 1.82) is 0 Å². The SMILES string of the molecule is COc1cccc(OC)c1C(=O)NCc1nc(-c2ccc(F)cc2)no1. The van der Waals surface area contributed by atoms with Crippen LogP contribution in [0.1, 0.15) is 16.2 Å². The third kappa shape index (κ3) is 3.64. The molecule has 134 valence electrons. The number of amides is 1. The summed E-state index contributed by atoms with van der Waals surface area (Å²) in [5, 5.41) is 6.51. The van der Waals surface area contributed by atoms with Crippen LogP contribution < -0.4 is 14.8 Å². The number of carbonyl (C=O) groups is 1. The van der Waals surface area contributed by atoms with Crippen LogP contribution in [0.25, 0.3) is 11.4 Å². The highest BCUT2D eigenvalue weighted by atomic mass is 19.1. The maximum atomic E-state index is 13.0. The monoisotopic (exact) mass is 357 g/mol. The second kappa shape index (κ2) is 7.64. The number of aromatic nitrogens is 2. The molecule has 3 aromatic rings. The fourth-order valence-corrected chi connectivity index (χ4v) is 2.36. The number of rotatable bonds is 6. The van der Waals surface area contributed by atoms with Crippen LogP contribution in [-0.2, 0) is 6.54 Å². The first kappa shape index (κ1) is 17.4. The van der Waals surface area contributed by atoms with Crippen molar-refractivity contribution in [2.45, 2.75) is 6.54 Å². The van der Waals surface area contributed by atoms with Crippen LogP contribution in [0.5, 0.6) is 11.5 Å². The van der Waals surface area contributed by atoms with E-state index < -0.39 is 5.91 Å². The van der Waals surface area contributed by atoms with Crippen molar-refractivity contribution in [3.63, 3.8) is 0 Å². The molecule has 0 unspecified atom stereocenters. The maximum absolute atomic E-state index is 13.0. The standard InChI is InChI=1S/C18H16FN3O4/c1-24-13-4-3-5-14(25-2)16(13)18(23)20-10-15-21-17(22-26-15)11-6-8-12(19)9-7-11/h3-9H,10H2,1-2H3,(H,20,23). The molecule has 2 aromatic carbocycles. The van der Waals surface area contributed by atoms with Crippen LogP contribution >= 0.6 is 0 Å². The molecule has 0 fully saturated rings. The van der Waals surface area contributed by atoms with Gasteiger partial charge in [-0.15, -0.1) is 0 Å². The van der Waals surface area contributed by atoms with Gasteiger partial charge in [0.25, 0.3) is 5.91 Å². The van der Waals surface area contributed by atoms with Crippen LogP contribution in [0.2, 0.25) is 0 Å². The Balaban J connectivity index is 1.72. The van der Waals surface area contributed by atoms with Gasteiger partial charge in [-0.05, 0) is 36.4 Å². The number of methoxy groups -OCH3 is 2. The van der Waals surface area contributed by atoms with E-state index in [4.69, 9.17) is 14.0 Å². The lowest BCUT2D eigenvalue weighted by Gasteiger charge is -2.12. The van der Waals surface area contributed by atoms with Gasteiger partial charge in [0.2, 0.25) is 11.7 Å². The number of nitrogens with zero attached hydrogens (tertiary/aromatic N) is 2. The number of nitrogens with one attached hydrogen (secondary N) is 1. The average molecular weight is 357 g/mol. The van der Waals surface area contributed by atoms with Gasteiger partial charge in [0, 0.05) is 5.56 Å². The maximum Gasteiger partial charge on any atom is 0.259 e. The number of carbonyl (C=O) groups excluding carboxylic acids is 1. The first-order valence-corrected chi connectivity index (χ1v) is 7.70. The van der Waals surface area contributed by atoms with E-state index in [9.17, 15) is 9.18 Å². The zero-order chi connectivity index (χ0) is 18.5. The van der Waals surface area contributed by atoms with E-state index in [1.165, 1.54) is 26.4 Å². The summed E-state index contributed by atoms with van der Waals surface area (Å²) in [6.45, 7) is 0.0221. The molecular weight excluding hydrogens is 341 g/mol. The third-order valence-corrected chi connectivity index (χ3v) is 3.63. The molecular formula is C18H16FN3O4. The van der Waals surface area contributed by atoms with Crippen molar-refractivity contribution < 1.29 is 23.2 Å². The zero-order valence-electron chi connectivity index (χ0n) is 14.2. The van der Waals surface area contributed by atoms with Crippen molar-refractivity contribution in [3.05, 3.63) is 59.7 Å². The van der Waals surface area contributed by atoms with Crippen molar-refractivity contribution >= 4 is 5.91 Å². The summed E-state index contributed by atoms with van der Waals surface area (Å²) in [5.74, 6) is 0.547. The predicted octanol–water partition coefficient (Wildman–Crippen LogP) is 2.82. The van der Waals surface area contributed by atoms with Crippen molar-refractivity contribution in [2.75, 3.05) is 14.2 Å². The highest BCUT2D eigenvalue weighted by Crippen LogP contribution is 2.28. The first-order valence-electron chi connectivity index (χ1n) is 7.70. The molecule has 26 heavy (non-hydrogen) atoms. The molecule has 0 bridgehead atoms. The van der Waals surface area contributed by atoms with Crippen LogP contribution in [0, 0.1) is 5.82 Å². The lowest BCUT2D eigenvalue weighted by molar-refractivity contribution is 0.0940. The molecule has 3 rings (SSSR count). The van der Waals surface area contributed by atoms with E-state index in [0.717, 1.165) is 0 Å². The van der Waals surface area contributed by atoms with Crippen molar-refractivity contribution in [3.8, 4) is 22.9 Å². The normalized spacial score (nSPS) is 10.4. The van der Waals surface area contributed by atoms with Gasteiger partial charge in [0.15, 0.2) is 0 Å². The second-order valence-electron chi connectivity index (χ2n) is 5.24. The van der Waals surface area contributed by atoms with Gasteiger partial charge >= 0.3 is 0 Å². The number of hydrogen-bond donors (Lipinski definition) is 1. The Morgan fingerprint density at radius 2 is 1.77 bits per heavy atom. The Bertz CT molecular complexity index is 887. The summed E-state index contributed by atoms with van der Waals surface area (Å²) in [6.07, 6.45) is 0. The smallest absolute Gasteiger partial charge is 0.259 e. The molecule has 8 heteroatoms. The molecule has 1 heterocycles. The Labute approximate surface area is 148 Å². The van der Waals surface area contributed by atoms with Crippen LogP contribution in [0.4, 0.5) is 4.39 Å². The van der Waals surface area contributed by atoms with E-state index >= 15 is 0 Å². The Morgan fingerprint density at radius 1 is 1.12 bits per heavy atom. The van der Waals surface area contributed by atoms with Gasteiger partial charge < -0.3 is 19.3 Å². The number of hydrogen-bond acceptors (Lipinski definition) is 6. The summed E-state index contributed by atoms with van der Waals surface area (Å²) < 4.78 is 28.5. The minimum absolute atomic E-state index is 0.0221. The molecule has 0 radical (unpaired) electrons. The third-order valence-electron chi connectivity index (χ3n) is 3.63. The molecule has 1 amide bonds. The predicted molar refractivity (Wildman–Crippen MR) is 90.4 cm³/mol. The van der Waals surface area contributed by atoms with E-state index in [0.29, 0.717) is 22.9 Å². The van der Waals surface area contributed by atoms with Crippen LogP contribution in [-0.4, -0.2) is 30.3 Å². The van der Waals surface area contributed by atoms with Gasteiger partial charge in [0.1, 0.15) is 22.9 Å². The second-order valence-corrected chi connectivity index (χ2v) is 5.24. The van der Waals surface area contributed by atoms with E-state index in [-0.39, 0.29) is 23.8 Å². The Hall–Kier alpha value is -3.42. The summed E-state index contributed by atoms with van der Waals surface area (Å²) in [5.41, 5.74) is 0.884. The molecule has 0 aliphatic heterocycles. The van der Waals surface area contributed by atoms with Crippen molar-refractivity contribution in [2.24, 2.45) is 0 Å². The lowest BCUT2D eigenvalue weighted by Crippen LogP contribution is -2.24. The molecule has 0 saturated carbocycles. The summed E-state index contributed by atoms with van der Waals surface area (Å²) in [7, 11) is 2.94. The first-order chi connectivity index (χ1) is 12.6. The van der Waals surface area contributed by atoms with Crippen LogP contribution in [0.15, 0.2) is 47.0 Å². The molecule has 0 spiro atoms. The van der Waals surface area contributed by atoms with Gasteiger partial charge in [0.05, 0.1) is 20.8 Å². The topological polar surface area (TPSA) is 86.5 Å². The number of halogens is 1. The lowest BCUT2D eigenvalue weighted by atomic mass is 10.1. The zero-order valence-corrected chi connectivity index (χ0v) is 14.2. The fourth-order valence-electron chi connectivity index (χ4n) is 2.36. The van der Waals surface area contributed by atoms with Gasteiger partial charge in [-0.2, -0.15) is 4.98 Å². The number of ether oxygens (including phenoxy) is 2. The van der Waals surface area contributed by atoms with Gasteiger partial charge in [-0.25, -0.2) is 4.39 Å². The van der Waals surface area contributed by atoms with E-state index in [1.807, 2.05) is 0 Å². The summed E-state index contributed by atoms with van der Waals surface area (Å²) in [4.78, 5) is 16.7. The Kier molecular flexibility index (Phi) is 5.12. The fraction of sp³-hybridized carbons (Fsp3) is 0.167.